The zero-order chi connectivity index (χ0) is 27.2. The summed E-state index contributed by atoms with van der Waals surface area (Å²) in [4.78, 5) is 11.8. The summed E-state index contributed by atoms with van der Waals surface area (Å²) in [7, 11) is 2.93. The Hall–Kier alpha value is -3.31. The van der Waals surface area contributed by atoms with Gasteiger partial charge in [0, 0.05) is 30.6 Å². The van der Waals surface area contributed by atoms with Gasteiger partial charge < -0.3 is 14.4 Å². The Morgan fingerprint density at radius 2 is 1.78 bits per heavy atom. The Bertz CT molecular complexity index is 1450. The lowest BCUT2D eigenvalue weighted by Gasteiger charge is -2.30. The number of pyridine rings is 2. The summed E-state index contributed by atoms with van der Waals surface area (Å²) in [5, 5.41) is 12.5. The monoisotopic (exact) mass is 540 g/mol. The summed E-state index contributed by atoms with van der Waals surface area (Å²) in [6.45, 7) is 0.790. The van der Waals surface area contributed by atoms with Gasteiger partial charge in [-0.2, -0.15) is 13.2 Å². The van der Waals surface area contributed by atoms with E-state index < -0.39 is 29.8 Å². The van der Waals surface area contributed by atoms with Gasteiger partial charge in [-0.05, 0) is 48.7 Å². The molecule has 0 aliphatic heterocycles. The SMILES string of the molecule is COc1nc2ccc(C(O)(c3ccnc(C(F)(F)F)c3)c3cncn3C)cc2c(Cl)c1CCC(C)(F)F. The maximum Gasteiger partial charge on any atom is 0.433 e. The molecule has 12 heteroatoms. The molecule has 6 nitrogen and oxygen atoms in total. The quantitative estimate of drug-likeness (QED) is 0.295. The molecule has 0 bridgehead atoms. The van der Waals surface area contributed by atoms with Crippen molar-refractivity contribution in [1.82, 2.24) is 19.5 Å². The van der Waals surface area contributed by atoms with Gasteiger partial charge in [-0.15, -0.1) is 0 Å². The molecule has 37 heavy (non-hydrogen) atoms. The average molecular weight is 541 g/mol. The number of benzene rings is 1. The number of aromatic nitrogens is 4. The third kappa shape index (κ3) is 5.10. The first kappa shape index (κ1) is 26.7. The van der Waals surface area contributed by atoms with Crippen LogP contribution in [0.1, 0.15) is 41.4 Å². The van der Waals surface area contributed by atoms with Crippen LogP contribution in [0.2, 0.25) is 5.02 Å². The van der Waals surface area contributed by atoms with Crippen molar-refractivity contribution in [1.29, 1.82) is 0 Å². The van der Waals surface area contributed by atoms with Crippen molar-refractivity contribution < 1.29 is 31.8 Å². The highest BCUT2D eigenvalue weighted by Gasteiger charge is 2.40. The van der Waals surface area contributed by atoms with E-state index in [9.17, 15) is 27.1 Å². The second-order valence-electron chi connectivity index (χ2n) is 8.74. The van der Waals surface area contributed by atoms with E-state index >= 15 is 0 Å². The van der Waals surface area contributed by atoms with Gasteiger partial charge in [0.25, 0.3) is 0 Å². The van der Waals surface area contributed by atoms with Gasteiger partial charge in [-0.25, -0.2) is 18.7 Å². The molecule has 3 aromatic heterocycles. The molecule has 0 amide bonds. The van der Waals surface area contributed by atoms with Crippen LogP contribution in [0.25, 0.3) is 10.9 Å². The summed E-state index contributed by atoms with van der Waals surface area (Å²) >= 11 is 6.64. The van der Waals surface area contributed by atoms with Crippen LogP contribution in [0.15, 0.2) is 49.1 Å². The number of aryl methyl sites for hydroxylation is 1. The number of aliphatic hydroxyl groups is 1. The summed E-state index contributed by atoms with van der Waals surface area (Å²) in [6, 6.07) is 6.52. The fourth-order valence-corrected chi connectivity index (χ4v) is 4.50. The van der Waals surface area contributed by atoms with Crippen LogP contribution in [0.4, 0.5) is 22.0 Å². The zero-order valence-electron chi connectivity index (χ0n) is 19.9. The molecule has 1 unspecified atom stereocenters. The van der Waals surface area contributed by atoms with E-state index in [0.29, 0.717) is 10.9 Å². The molecule has 1 atom stereocenters. The maximum atomic E-state index is 13.6. The summed E-state index contributed by atoms with van der Waals surface area (Å²) in [5.74, 6) is -2.87. The van der Waals surface area contributed by atoms with Crippen LogP contribution in [0.3, 0.4) is 0 Å². The van der Waals surface area contributed by atoms with E-state index in [1.54, 1.807) is 7.05 Å². The highest BCUT2D eigenvalue weighted by molar-refractivity contribution is 6.36. The minimum absolute atomic E-state index is 0.0837. The molecular formula is C25H22ClF5N4O2. The fraction of sp³-hybridized carbons (Fsp3) is 0.320. The van der Waals surface area contributed by atoms with Gasteiger partial charge in [-0.3, -0.25) is 4.98 Å². The molecule has 4 aromatic rings. The van der Waals surface area contributed by atoms with Gasteiger partial charge in [0.05, 0.1) is 35.9 Å². The van der Waals surface area contributed by atoms with E-state index in [4.69, 9.17) is 16.3 Å². The van der Waals surface area contributed by atoms with Crippen molar-refractivity contribution in [2.24, 2.45) is 7.05 Å². The van der Waals surface area contributed by atoms with Crippen molar-refractivity contribution >= 4 is 22.5 Å². The van der Waals surface area contributed by atoms with Crippen molar-refractivity contribution in [3.05, 3.63) is 82.2 Å². The fourth-order valence-electron chi connectivity index (χ4n) is 4.18. The van der Waals surface area contributed by atoms with Crippen molar-refractivity contribution in [2.45, 2.75) is 37.5 Å². The second kappa shape index (κ2) is 9.53. The van der Waals surface area contributed by atoms with Crippen LogP contribution >= 0.6 is 11.6 Å². The highest BCUT2D eigenvalue weighted by atomic mass is 35.5. The van der Waals surface area contributed by atoms with Crippen LogP contribution < -0.4 is 4.74 Å². The summed E-state index contributed by atoms with van der Waals surface area (Å²) in [5.41, 5.74) is -2.47. The van der Waals surface area contributed by atoms with E-state index in [2.05, 4.69) is 15.0 Å². The molecule has 4 rings (SSSR count). The van der Waals surface area contributed by atoms with Crippen LogP contribution in [-0.2, 0) is 25.2 Å². The number of fused-ring (bicyclic) bond motifs is 1. The minimum Gasteiger partial charge on any atom is -0.481 e. The largest absolute Gasteiger partial charge is 0.481 e. The lowest BCUT2D eigenvalue weighted by molar-refractivity contribution is -0.141. The number of ether oxygens (including phenoxy) is 1. The van der Waals surface area contributed by atoms with Crippen molar-refractivity contribution in [2.75, 3.05) is 7.11 Å². The maximum absolute atomic E-state index is 13.6. The topological polar surface area (TPSA) is 73.1 Å². The normalized spacial score (nSPS) is 14.1. The number of imidazole rings is 1. The first-order chi connectivity index (χ1) is 17.3. The summed E-state index contributed by atoms with van der Waals surface area (Å²) in [6.07, 6.45) is -1.69. The molecule has 0 aliphatic carbocycles. The van der Waals surface area contributed by atoms with E-state index in [0.717, 1.165) is 19.2 Å². The van der Waals surface area contributed by atoms with Gasteiger partial charge in [0.1, 0.15) is 5.69 Å². The number of hydrogen-bond acceptors (Lipinski definition) is 5. The predicted molar refractivity (Wildman–Crippen MR) is 127 cm³/mol. The Morgan fingerprint density at radius 3 is 2.38 bits per heavy atom. The molecule has 0 aliphatic rings. The summed E-state index contributed by atoms with van der Waals surface area (Å²) < 4.78 is 74.3. The zero-order valence-corrected chi connectivity index (χ0v) is 20.7. The molecular weight excluding hydrogens is 519 g/mol. The number of rotatable bonds is 7. The number of methoxy groups -OCH3 is 1. The predicted octanol–water partition coefficient (Wildman–Crippen LogP) is 5.92. The molecule has 0 fully saturated rings. The molecule has 196 valence electrons. The average Bonchev–Trinajstić information content (AvgIpc) is 3.27. The number of halogens is 6. The van der Waals surface area contributed by atoms with Gasteiger partial charge in [0.2, 0.25) is 11.8 Å². The third-order valence-corrected chi connectivity index (χ3v) is 6.49. The number of alkyl halides is 5. The van der Waals surface area contributed by atoms with Gasteiger partial charge in [0.15, 0.2) is 5.60 Å². The Balaban J connectivity index is 1.96. The van der Waals surface area contributed by atoms with Crippen LogP contribution in [0.5, 0.6) is 5.88 Å². The Labute approximate surface area is 213 Å². The second-order valence-corrected chi connectivity index (χ2v) is 9.12. The smallest absolute Gasteiger partial charge is 0.433 e. The Kier molecular flexibility index (Phi) is 6.89. The number of nitrogens with zero attached hydrogens (tertiary/aromatic N) is 4. The lowest BCUT2D eigenvalue weighted by atomic mass is 9.83. The van der Waals surface area contributed by atoms with E-state index in [1.165, 1.54) is 48.5 Å². The van der Waals surface area contributed by atoms with Gasteiger partial charge >= 0.3 is 6.18 Å². The molecule has 1 N–H and O–H groups in total. The first-order valence-corrected chi connectivity index (χ1v) is 11.4. The molecule has 0 radical (unpaired) electrons. The Morgan fingerprint density at radius 1 is 1.08 bits per heavy atom. The lowest BCUT2D eigenvalue weighted by Crippen LogP contribution is -2.31. The van der Waals surface area contributed by atoms with Crippen LogP contribution in [0, 0.1) is 0 Å². The highest BCUT2D eigenvalue weighted by Crippen LogP contribution is 2.41. The molecule has 0 saturated carbocycles. The molecule has 1 aromatic carbocycles. The van der Waals surface area contributed by atoms with Crippen molar-refractivity contribution in [3.63, 3.8) is 0 Å². The van der Waals surface area contributed by atoms with Crippen molar-refractivity contribution in [3.8, 4) is 5.88 Å². The standard InChI is InChI=1S/C25H22ClF5N4O2/c1-23(27,28)8-6-16-21(26)17-10-14(4-5-18(17)34-22(16)37-3)24(36,20-12-32-13-35(20)2)15-7-9-33-19(11-15)25(29,30)31/h4-5,7,9-13,36H,6,8H2,1-3H3. The first-order valence-electron chi connectivity index (χ1n) is 11.0. The van der Waals surface area contributed by atoms with Gasteiger partial charge in [-0.1, -0.05) is 17.7 Å². The molecule has 3 heterocycles. The minimum atomic E-state index is -4.74. The van der Waals surface area contributed by atoms with Crippen LogP contribution in [-0.4, -0.2) is 37.7 Å². The third-order valence-electron chi connectivity index (χ3n) is 6.06. The molecule has 0 spiro atoms. The van der Waals surface area contributed by atoms with E-state index in [-0.39, 0.29) is 39.7 Å². The van der Waals surface area contributed by atoms with E-state index in [1.807, 2.05) is 0 Å². The molecule has 0 saturated heterocycles. The number of hydrogen-bond donors (Lipinski definition) is 1.